The molecule has 11 nitrogen and oxygen atoms in total. The first-order chi connectivity index (χ1) is 25.4. The lowest BCUT2D eigenvalue weighted by molar-refractivity contribution is 0.0357. The number of rotatable bonds is 12. The van der Waals surface area contributed by atoms with E-state index in [9.17, 15) is 14.0 Å². The highest BCUT2D eigenvalue weighted by Gasteiger charge is 2.20. The summed E-state index contributed by atoms with van der Waals surface area (Å²) in [5.74, 6) is -0.721. The molecule has 0 saturated carbocycles. The third-order valence-corrected chi connectivity index (χ3v) is 8.70. The Morgan fingerprint density at radius 2 is 1.71 bits per heavy atom. The number of anilines is 1. The molecule has 1 aliphatic rings. The van der Waals surface area contributed by atoms with Gasteiger partial charge in [-0.2, -0.15) is 0 Å². The summed E-state index contributed by atoms with van der Waals surface area (Å²) in [6.45, 7) is 4.80. The Hall–Kier alpha value is -5.92. The lowest BCUT2D eigenvalue weighted by atomic mass is 10.1. The van der Waals surface area contributed by atoms with Gasteiger partial charge in [0.05, 0.1) is 50.0 Å². The van der Waals surface area contributed by atoms with Gasteiger partial charge < -0.3 is 28.8 Å². The van der Waals surface area contributed by atoms with E-state index < -0.39 is 23.1 Å². The van der Waals surface area contributed by atoms with Crippen LogP contribution in [0.15, 0.2) is 95.9 Å². The van der Waals surface area contributed by atoms with E-state index in [0.29, 0.717) is 51.4 Å². The van der Waals surface area contributed by atoms with Crippen LogP contribution in [0.1, 0.15) is 22.5 Å². The second kappa shape index (κ2) is 15.5. The maximum absolute atomic E-state index is 15.5. The largest absolute Gasteiger partial charge is 0.493 e. The van der Waals surface area contributed by atoms with E-state index in [4.69, 9.17) is 18.9 Å². The highest BCUT2D eigenvalue weighted by atomic mass is 19.1. The molecule has 1 amide bonds. The Bertz CT molecular complexity index is 2290. The van der Waals surface area contributed by atoms with Crippen molar-refractivity contribution in [2.45, 2.75) is 13.0 Å². The Morgan fingerprint density at radius 3 is 2.50 bits per heavy atom. The van der Waals surface area contributed by atoms with Gasteiger partial charge in [-0.15, -0.1) is 0 Å². The van der Waals surface area contributed by atoms with Gasteiger partial charge in [-0.25, -0.2) is 13.8 Å². The SMILES string of the molecule is COc1cc2c(Oc3ccc(NC(=O)c4nc5ccccc5n(Cc5ccc(F)cc5)c4=O)cc3F)ccnc2cc1OCCCN1CCOCC1. The molecule has 52 heavy (non-hydrogen) atoms. The average Bonchev–Trinajstić information content (AvgIpc) is 3.16. The van der Waals surface area contributed by atoms with Gasteiger partial charge in [0.2, 0.25) is 0 Å². The molecular weight excluding hydrogens is 672 g/mol. The minimum Gasteiger partial charge on any atom is -0.493 e. The van der Waals surface area contributed by atoms with Crippen LogP contribution >= 0.6 is 0 Å². The third kappa shape index (κ3) is 7.70. The van der Waals surface area contributed by atoms with Gasteiger partial charge >= 0.3 is 0 Å². The maximum atomic E-state index is 15.5. The van der Waals surface area contributed by atoms with Crippen LogP contribution in [0.25, 0.3) is 21.9 Å². The molecule has 0 bridgehead atoms. The van der Waals surface area contributed by atoms with Gasteiger partial charge in [-0.1, -0.05) is 24.3 Å². The number of pyridine rings is 1. The number of carbonyl (C=O) groups is 1. The number of para-hydroxylation sites is 2. The van der Waals surface area contributed by atoms with Crippen LogP contribution in [-0.4, -0.2) is 71.9 Å². The van der Waals surface area contributed by atoms with E-state index in [-0.39, 0.29) is 23.7 Å². The van der Waals surface area contributed by atoms with Crippen molar-refractivity contribution in [3.8, 4) is 23.0 Å². The highest BCUT2D eigenvalue weighted by Crippen LogP contribution is 2.38. The zero-order valence-corrected chi connectivity index (χ0v) is 28.3. The molecule has 266 valence electrons. The van der Waals surface area contributed by atoms with Crippen molar-refractivity contribution in [3.05, 3.63) is 124 Å². The van der Waals surface area contributed by atoms with E-state index in [0.717, 1.165) is 45.3 Å². The molecule has 3 heterocycles. The fourth-order valence-electron chi connectivity index (χ4n) is 6.02. The van der Waals surface area contributed by atoms with E-state index in [2.05, 4.69) is 20.2 Å². The first-order valence-corrected chi connectivity index (χ1v) is 16.8. The monoisotopic (exact) mass is 707 g/mol. The summed E-state index contributed by atoms with van der Waals surface area (Å²) in [4.78, 5) is 38.0. The van der Waals surface area contributed by atoms with Crippen molar-refractivity contribution in [2.24, 2.45) is 0 Å². The normalized spacial score (nSPS) is 13.3. The average molecular weight is 708 g/mol. The fraction of sp³-hybridized carbons (Fsp3) is 0.231. The van der Waals surface area contributed by atoms with Gasteiger partial charge in [0, 0.05) is 49.0 Å². The number of fused-ring (bicyclic) bond motifs is 2. The number of morpholine rings is 1. The van der Waals surface area contributed by atoms with Crippen LogP contribution in [0.5, 0.6) is 23.0 Å². The second-order valence-electron chi connectivity index (χ2n) is 12.2. The molecule has 0 radical (unpaired) electrons. The summed E-state index contributed by atoms with van der Waals surface area (Å²) >= 11 is 0. The molecule has 0 aliphatic carbocycles. The molecule has 1 N–H and O–H groups in total. The molecule has 6 aromatic rings. The summed E-state index contributed by atoms with van der Waals surface area (Å²) in [7, 11) is 1.54. The third-order valence-electron chi connectivity index (χ3n) is 8.70. The summed E-state index contributed by atoms with van der Waals surface area (Å²) in [6, 6.07) is 21.7. The number of ether oxygens (including phenoxy) is 4. The lowest BCUT2D eigenvalue weighted by Crippen LogP contribution is -2.37. The predicted molar refractivity (Wildman–Crippen MR) is 192 cm³/mol. The number of nitrogens with one attached hydrogen (secondary N) is 1. The van der Waals surface area contributed by atoms with Gasteiger partial charge in [0.1, 0.15) is 11.6 Å². The minimum absolute atomic E-state index is 0.0857. The van der Waals surface area contributed by atoms with E-state index in [1.807, 2.05) is 0 Å². The predicted octanol–water partition coefficient (Wildman–Crippen LogP) is 6.43. The molecule has 1 aliphatic heterocycles. The number of hydrogen-bond acceptors (Lipinski definition) is 9. The van der Waals surface area contributed by atoms with Crippen LogP contribution in [-0.2, 0) is 11.3 Å². The molecule has 7 rings (SSSR count). The number of nitrogens with zero attached hydrogens (tertiary/aromatic N) is 4. The molecule has 13 heteroatoms. The number of amides is 1. The smallest absolute Gasteiger partial charge is 0.283 e. The molecule has 0 spiro atoms. The van der Waals surface area contributed by atoms with Crippen LogP contribution in [0.3, 0.4) is 0 Å². The van der Waals surface area contributed by atoms with Crippen molar-refractivity contribution >= 4 is 33.5 Å². The van der Waals surface area contributed by atoms with E-state index >= 15 is 4.39 Å². The van der Waals surface area contributed by atoms with Gasteiger partial charge in [-0.3, -0.25) is 19.5 Å². The van der Waals surface area contributed by atoms with Crippen LogP contribution < -0.4 is 25.1 Å². The van der Waals surface area contributed by atoms with Crippen LogP contribution in [0.2, 0.25) is 0 Å². The van der Waals surface area contributed by atoms with Gasteiger partial charge in [0.15, 0.2) is 28.8 Å². The van der Waals surface area contributed by atoms with Crippen molar-refractivity contribution in [1.82, 2.24) is 19.4 Å². The van der Waals surface area contributed by atoms with Crippen LogP contribution in [0, 0.1) is 11.6 Å². The number of halogens is 2. The number of carbonyl (C=O) groups excluding carboxylic acids is 1. The quantitative estimate of drug-likeness (QED) is 0.144. The minimum atomic E-state index is -0.817. The van der Waals surface area contributed by atoms with E-state index in [1.54, 1.807) is 67.9 Å². The van der Waals surface area contributed by atoms with Crippen molar-refractivity contribution in [1.29, 1.82) is 0 Å². The van der Waals surface area contributed by atoms with Crippen molar-refractivity contribution in [2.75, 3.05) is 51.9 Å². The maximum Gasteiger partial charge on any atom is 0.283 e. The van der Waals surface area contributed by atoms with Crippen molar-refractivity contribution in [3.63, 3.8) is 0 Å². The summed E-state index contributed by atoms with van der Waals surface area (Å²) in [5, 5.41) is 3.16. The van der Waals surface area contributed by atoms with E-state index in [1.165, 1.54) is 28.8 Å². The zero-order chi connectivity index (χ0) is 36.0. The van der Waals surface area contributed by atoms with Crippen LogP contribution in [0.4, 0.5) is 14.5 Å². The molecule has 1 saturated heterocycles. The molecule has 0 unspecified atom stereocenters. The number of hydrogen-bond donors (Lipinski definition) is 1. The van der Waals surface area contributed by atoms with Crippen molar-refractivity contribution < 1.29 is 32.5 Å². The highest BCUT2D eigenvalue weighted by molar-refractivity contribution is 6.03. The zero-order valence-electron chi connectivity index (χ0n) is 28.3. The summed E-state index contributed by atoms with van der Waals surface area (Å²) < 4.78 is 53.4. The first kappa shape index (κ1) is 34.5. The molecule has 2 aromatic heterocycles. The Labute approximate surface area is 297 Å². The Balaban J connectivity index is 1.07. The second-order valence-corrected chi connectivity index (χ2v) is 12.2. The standard InChI is InChI=1S/C39H35F2N5O6/c1-49-35-22-28-31(23-36(35)51-18-4-15-45-16-19-50-20-17-45)42-14-13-33(28)52-34-12-11-27(21-29(34)41)43-38(47)37-39(48)46(24-25-7-9-26(40)10-8-25)32-6-3-2-5-30(32)44-37/h2-3,5-14,21-23H,4,15-20,24H2,1H3,(H,43,47). The topological polar surface area (TPSA) is 117 Å². The van der Waals surface area contributed by atoms with Gasteiger partial charge in [-0.05, 0) is 60.5 Å². The number of methoxy groups -OCH3 is 1. The van der Waals surface area contributed by atoms with Gasteiger partial charge in [0.25, 0.3) is 11.5 Å². The lowest BCUT2D eigenvalue weighted by Gasteiger charge is -2.26. The molecule has 0 atom stereocenters. The number of aromatic nitrogens is 3. The molecule has 4 aromatic carbocycles. The summed E-state index contributed by atoms with van der Waals surface area (Å²) in [5.41, 5.74) is 1.21. The summed E-state index contributed by atoms with van der Waals surface area (Å²) in [6.07, 6.45) is 2.39. The number of benzene rings is 4. The molecule has 1 fully saturated rings. The Kier molecular flexibility index (Phi) is 10.3. The first-order valence-electron chi connectivity index (χ1n) is 16.8. The fourth-order valence-corrected chi connectivity index (χ4v) is 6.02. The molecular formula is C39H35F2N5O6. The Morgan fingerprint density at radius 1 is 0.904 bits per heavy atom.